The molecule has 0 radical (unpaired) electrons. The first kappa shape index (κ1) is 11.3. The average molecular weight is 220 g/mol. The summed E-state index contributed by atoms with van der Waals surface area (Å²) in [7, 11) is 3.76. The third-order valence-electron chi connectivity index (χ3n) is 3.50. The lowest BCUT2D eigenvalue weighted by Gasteiger charge is -2.25. The molecule has 0 spiro atoms. The van der Waals surface area contributed by atoms with Gasteiger partial charge in [-0.3, -0.25) is 0 Å². The zero-order valence-corrected chi connectivity index (χ0v) is 10.3. The number of nitrogens with one attached hydrogen (secondary N) is 1. The molecule has 2 rings (SSSR count). The summed E-state index contributed by atoms with van der Waals surface area (Å²) >= 11 is 0. The van der Waals surface area contributed by atoms with E-state index >= 15 is 0 Å². The molecule has 1 fully saturated rings. The molecule has 3 nitrogen and oxygen atoms in total. The first-order valence-corrected chi connectivity index (χ1v) is 5.75. The zero-order chi connectivity index (χ0) is 11.6. The lowest BCUT2D eigenvalue weighted by Crippen LogP contribution is -2.42. The molecule has 1 heterocycles. The molecule has 1 N–H and O–H groups in total. The second kappa shape index (κ2) is 4.34. The number of hydrogen-bond donors (Lipinski definition) is 1. The second-order valence-electron chi connectivity index (χ2n) is 4.65. The fraction of sp³-hybridized carbons (Fsp3) is 0.538. The number of ether oxygens (including phenoxy) is 1. The Morgan fingerprint density at radius 1 is 1.38 bits per heavy atom. The first-order chi connectivity index (χ1) is 7.68. The van der Waals surface area contributed by atoms with Gasteiger partial charge >= 0.3 is 0 Å². The van der Waals surface area contributed by atoms with Crippen LogP contribution < -0.4 is 15.0 Å². The Balaban J connectivity index is 2.20. The van der Waals surface area contributed by atoms with Gasteiger partial charge in [0.05, 0.1) is 12.8 Å². The van der Waals surface area contributed by atoms with Crippen LogP contribution in [0, 0.1) is 0 Å². The van der Waals surface area contributed by atoms with Gasteiger partial charge in [-0.1, -0.05) is 12.1 Å². The summed E-state index contributed by atoms with van der Waals surface area (Å²) < 4.78 is 5.40. The quantitative estimate of drug-likeness (QED) is 0.842. The molecule has 1 aromatic carbocycles. The van der Waals surface area contributed by atoms with Crippen molar-refractivity contribution in [2.45, 2.75) is 18.9 Å². The van der Waals surface area contributed by atoms with Gasteiger partial charge in [-0.25, -0.2) is 0 Å². The minimum Gasteiger partial charge on any atom is -0.495 e. The van der Waals surface area contributed by atoms with E-state index in [1.807, 2.05) is 19.2 Å². The predicted molar refractivity (Wildman–Crippen MR) is 67.3 cm³/mol. The standard InChI is InChI=1S/C13H20N2O/c1-13(14-2)8-9-15(10-13)11-6-4-5-7-12(11)16-3/h4-7,14H,8-10H2,1-3H3. The van der Waals surface area contributed by atoms with Crippen molar-refractivity contribution in [3.63, 3.8) is 0 Å². The van der Waals surface area contributed by atoms with Gasteiger partial charge in [-0.05, 0) is 32.5 Å². The van der Waals surface area contributed by atoms with Crippen molar-refractivity contribution in [2.75, 3.05) is 32.1 Å². The summed E-state index contributed by atoms with van der Waals surface area (Å²) in [5.41, 5.74) is 1.42. The average Bonchev–Trinajstić information content (AvgIpc) is 2.73. The van der Waals surface area contributed by atoms with Crippen molar-refractivity contribution in [1.82, 2.24) is 5.32 Å². The van der Waals surface area contributed by atoms with E-state index in [-0.39, 0.29) is 5.54 Å². The molecule has 3 heteroatoms. The van der Waals surface area contributed by atoms with Crippen LogP contribution >= 0.6 is 0 Å². The van der Waals surface area contributed by atoms with E-state index in [0.717, 1.165) is 18.8 Å². The van der Waals surface area contributed by atoms with Gasteiger partial charge in [0, 0.05) is 18.6 Å². The van der Waals surface area contributed by atoms with Crippen molar-refractivity contribution < 1.29 is 4.74 Å². The van der Waals surface area contributed by atoms with Gasteiger partial charge in [0.25, 0.3) is 0 Å². The molecular weight excluding hydrogens is 200 g/mol. The molecule has 0 bridgehead atoms. The molecule has 0 aromatic heterocycles. The van der Waals surface area contributed by atoms with Crippen LogP contribution in [0.3, 0.4) is 0 Å². The van der Waals surface area contributed by atoms with Crippen LogP contribution in [0.5, 0.6) is 5.75 Å². The molecule has 88 valence electrons. The SMILES string of the molecule is CNC1(C)CCN(c2ccccc2OC)C1. The summed E-state index contributed by atoms with van der Waals surface area (Å²) in [5, 5.41) is 3.40. The monoisotopic (exact) mass is 220 g/mol. The predicted octanol–water partition coefficient (Wildman–Crippen LogP) is 1.88. The van der Waals surface area contributed by atoms with Crippen LogP contribution in [0.1, 0.15) is 13.3 Å². The summed E-state index contributed by atoms with van der Waals surface area (Å²) in [5.74, 6) is 0.961. The molecule has 1 aliphatic heterocycles. The van der Waals surface area contributed by atoms with Gasteiger partial charge in [0.15, 0.2) is 0 Å². The van der Waals surface area contributed by atoms with Gasteiger partial charge in [0.1, 0.15) is 5.75 Å². The lowest BCUT2D eigenvalue weighted by atomic mass is 10.0. The van der Waals surface area contributed by atoms with Crippen molar-refractivity contribution in [2.24, 2.45) is 0 Å². The Morgan fingerprint density at radius 3 is 2.75 bits per heavy atom. The van der Waals surface area contributed by atoms with E-state index in [0.29, 0.717) is 0 Å². The molecule has 0 amide bonds. The highest BCUT2D eigenvalue weighted by atomic mass is 16.5. The second-order valence-corrected chi connectivity index (χ2v) is 4.65. The highest BCUT2D eigenvalue weighted by molar-refractivity contribution is 5.59. The number of rotatable bonds is 3. The fourth-order valence-electron chi connectivity index (χ4n) is 2.26. The Labute approximate surface area is 97.4 Å². The number of benzene rings is 1. The minimum absolute atomic E-state index is 0.223. The number of para-hydroxylation sites is 2. The highest BCUT2D eigenvalue weighted by Crippen LogP contribution is 2.32. The number of hydrogen-bond acceptors (Lipinski definition) is 3. The molecule has 1 unspecified atom stereocenters. The van der Waals surface area contributed by atoms with Gasteiger partial charge in [0.2, 0.25) is 0 Å². The molecule has 0 saturated carbocycles. The molecule has 1 atom stereocenters. The van der Waals surface area contributed by atoms with Crippen LogP contribution in [0.15, 0.2) is 24.3 Å². The molecule has 16 heavy (non-hydrogen) atoms. The number of nitrogens with zero attached hydrogens (tertiary/aromatic N) is 1. The Hall–Kier alpha value is -1.22. The number of likely N-dealkylation sites (N-methyl/N-ethyl adjacent to an activating group) is 1. The number of methoxy groups -OCH3 is 1. The van der Waals surface area contributed by atoms with Crippen LogP contribution in [0.25, 0.3) is 0 Å². The minimum atomic E-state index is 0.223. The molecule has 0 aliphatic carbocycles. The van der Waals surface area contributed by atoms with Crippen LogP contribution in [0.2, 0.25) is 0 Å². The van der Waals surface area contributed by atoms with E-state index in [1.54, 1.807) is 7.11 Å². The Bertz CT molecular complexity index is 367. The first-order valence-electron chi connectivity index (χ1n) is 5.75. The van der Waals surface area contributed by atoms with Gasteiger partial charge < -0.3 is 15.0 Å². The van der Waals surface area contributed by atoms with E-state index < -0.39 is 0 Å². The van der Waals surface area contributed by atoms with E-state index in [1.165, 1.54) is 12.1 Å². The largest absolute Gasteiger partial charge is 0.495 e. The summed E-state index contributed by atoms with van der Waals surface area (Å²) in [6.45, 7) is 4.38. The van der Waals surface area contributed by atoms with Crippen molar-refractivity contribution in [3.05, 3.63) is 24.3 Å². The Kier molecular flexibility index (Phi) is 3.06. The topological polar surface area (TPSA) is 24.5 Å². The third kappa shape index (κ3) is 2.00. The molecule has 1 saturated heterocycles. The lowest BCUT2D eigenvalue weighted by molar-refractivity contribution is 0.412. The van der Waals surface area contributed by atoms with Crippen molar-refractivity contribution in [3.8, 4) is 5.75 Å². The highest BCUT2D eigenvalue weighted by Gasteiger charge is 2.33. The summed E-state index contributed by atoms with van der Waals surface area (Å²) in [4.78, 5) is 2.38. The zero-order valence-electron chi connectivity index (χ0n) is 10.3. The smallest absolute Gasteiger partial charge is 0.142 e. The van der Waals surface area contributed by atoms with Crippen molar-refractivity contribution >= 4 is 5.69 Å². The maximum atomic E-state index is 5.40. The van der Waals surface area contributed by atoms with Gasteiger partial charge in [-0.2, -0.15) is 0 Å². The maximum absolute atomic E-state index is 5.40. The molecule has 1 aromatic rings. The molecule has 1 aliphatic rings. The Morgan fingerprint density at radius 2 is 2.12 bits per heavy atom. The van der Waals surface area contributed by atoms with Crippen molar-refractivity contribution in [1.29, 1.82) is 0 Å². The van der Waals surface area contributed by atoms with Crippen LogP contribution in [-0.4, -0.2) is 32.8 Å². The molecular formula is C13H20N2O. The van der Waals surface area contributed by atoms with Crippen LogP contribution in [0.4, 0.5) is 5.69 Å². The van der Waals surface area contributed by atoms with E-state index in [9.17, 15) is 0 Å². The normalized spacial score (nSPS) is 24.8. The van der Waals surface area contributed by atoms with Gasteiger partial charge in [-0.15, -0.1) is 0 Å². The maximum Gasteiger partial charge on any atom is 0.142 e. The third-order valence-corrected chi connectivity index (χ3v) is 3.50. The van der Waals surface area contributed by atoms with Crippen LogP contribution in [-0.2, 0) is 0 Å². The summed E-state index contributed by atoms with van der Waals surface area (Å²) in [6.07, 6.45) is 1.17. The fourth-order valence-corrected chi connectivity index (χ4v) is 2.26. The van der Waals surface area contributed by atoms with E-state index in [2.05, 4.69) is 29.3 Å². The number of anilines is 1. The summed E-state index contributed by atoms with van der Waals surface area (Å²) in [6, 6.07) is 8.22. The van der Waals surface area contributed by atoms with E-state index in [4.69, 9.17) is 4.74 Å².